The third-order valence-corrected chi connectivity index (χ3v) is 2.37. The third-order valence-electron chi connectivity index (χ3n) is 2.37. The molecule has 0 radical (unpaired) electrons. The maximum Gasteiger partial charge on any atom is 0.390 e. The summed E-state index contributed by atoms with van der Waals surface area (Å²) in [6.07, 6.45) is -5.59. The van der Waals surface area contributed by atoms with Gasteiger partial charge in [0.15, 0.2) is 0 Å². The summed E-state index contributed by atoms with van der Waals surface area (Å²) in [7, 11) is 2.79. The molecule has 0 aliphatic rings. The number of rotatable bonds is 4. The Kier molecular flexibility index (Phi) is 4.43. The largest absolute Gasteiger partial charge is 0.497 e. The zero-order chi connectivity index (χ0) is 13.8. The fourth-order valence-corrected chi connectivity index (χ4v) is 1.50. The molecular weight excluding hydrogens is 247 g/mol. The predicted molar refractivity (Wildman–Crippen MR) is 58.6 cm³/mol. The maximum atomic E-state index is 12.3. The van der Waals surface area contributed by atoms with Gasteiger partial charge in [0, 0.05) is 6.07 Å². The van der Waals surface area contributed by atoms with Crippen LogP contribution in [0.1, 0.15) is 17.9 Å². The quantitative estimate of drug-likeness (QED) is 0.833. The van der Waals surface area contributed by atoms with Crippen molar-refractivity contribution in [3.8, 4) is 17.6 Å². The average Bonchev–Trinajstić information content (AvgIpc) is 2.34. The van der Waals surface area contributed by atoms with Crippen molar-refractivity contribution in [3.63, 3.8) is 0 Å². The standard InChI is InChI=1S/C12H12F3NO2/c1-17-10-3-8(4-11(5-10)18-2)9(7-16)6-12(13,14)15/h3-5,9H,6H2,1-2H3/t9-/m1/s1. The van der Waals surface area contributed by atoms with E-state index < -0.39 is 18.5 Å². The predicted octanol–water partition coefficient (Wildman–Crippen LogP) is 3.26. The minimum Gasteiger partial charge on any atom is -0.497 e. The Morgan fingerprint density at radius 1 is 1.17 bits per heavy atom. The van der Waals surface area contributed by atoms with E-state index in [0.717, 1.165) is 0 Å². The summed E-state index contributed by atoms with van der Waals surface area (Å²) < 4.78 is 46.9. The molecule has 0 saturated heterocycles. The van der Waals surface area contributed by atoms with Crippen molar-refractivity contribution in [2.45, 2.75) is 18.5 Å². The van der Waals surface area contributed by atoms with E-state index >= 15 is 0 Å². The van der Waals surface area contributed by atoms with Crippen LogP contribution in [0.3, 0.4) is 0 Å². The van der Waals surface area contributed by atoms with Crippen molar-refractivity contribution in [1.82, 2.24) is 0 Å². The zero-order valence-electron chi connectivity index (χ0n) is 9.91. The number of methoxy groups -OCH3 is 2. The Morgan fingerprint density at radius 2 is 1.67 bits per heavy atom. The molecule has 0 saturated carbocycles. The second-order valence-electron chi connectivity index (χ2n) is 3.65. The molecule has 1 atom stereocenters. The highest BCUT2D eigenvalue weighted by atomic mass is 19.4. The van der Waals surface area contributed by atoms with Gasteiger partial charge in [0.2, 0.25) is 0 Å². The van der Waals surface area contributed by atoms with Gasteiger partial charge in [-0.1, -0.05) is 0 Å². The Hall–Kier alpha value is -1.90. The van der Waals surface area contributed by atoms with Gasteiger partial charge in [-0.15, -0.1) is 0 Å². The van der Waals surface area contributed by atoms with E-state index in [1.165, 1.54) is 32.4 Å². The number of alkyl halides is 3. The van der Waals surface area contributed by atoms with Crippen LogP contribution < -0.4 is 9.47 Å². The first-order valence-corrected chi connectivity index (χ1v) is 5.09. The molecule has 0 heterocycles. The van der Waals surface area contributed by atoms with Gasteiger partial charge in [-0.05, 0) is 17.7 Å². The summed E-state index contributed by atoms with van der Waals surface area (Å²) in [5, 5.41) is 8.84. The van der Waals surface area contributed by atoms with Crippen LogP contribution in [0.2, 0.25) is 0 Å². The van der Waals surface area contributed by atoms with Crippen LogP contribution in [-0.2, 0) is 0 Å². The van der Waals surface area contributed by atoms with Crippen molar-refractivity contribution in [2.24, 2.45) is 0 Å². The van der Waals surface area contributed by atoms with Crippen molar-refractivity contribution < 1.29 is 22.6 Å². The van der Waals surface area contributed by atoms with E-state index in [4.69, 9.17) is 14.7 Å². The van der Waals surface area contributed by atoms with Gasteiger partial charge in [-0.3, -0.25) is 0 Å². The first-order valence-electron chi connectivity index (χ1n) is 5.09. The number of ether oxygens (including phenoxy) is 2. The van der Waals surface area contributed by atoms with Crippen molar-refractivity contribution in [2.75, 3.05) is 14.2 Å². The molecule has 0 aliphatic heterocycles. The molecule has 6 heteroatoms. The Labute approximate surface area is 103 Å². The molecule has 0 N–H and O–H groups in total. The van der Waals surface area contributed by atoms with Crippen molar-refractivity contribution in [3.05, 3.63) is 23.8 Å². The van der Waals surface area contributed by atoms with Gasteiger partial charge < -0.3 is 9.47 Å². The van der Waals surface area contributed by atoms with Crippen LogP contribution in [0.15, 0.2) is 18.2 Å². The van der Waals surface area contributed by atoms with Gasteiger partial charge in [-0.25, -0.2) is 0 Å². The monoisotopic (exact) mass is 259 g/mol. The summed E-state index contributed by atoms with van der Waals surface area (Å²) >= 11 is 0. The summed E-state index contributed by atoms with van der Waals surface area (Å²) in [5.41, 5.74) is 0.228. The number of benzene rings is 1. The summed E-state index contributed by atoms with van der Waals surface area (Å²) in [5.74, 6) is -0.562. The van der Waals surface area contributed by atoms with Gasteiger partial charge in [-0.2, -0.15) is 18.4 Å². The van der Waals surface area contributed by atoms with Gasteiger partial charge in [0.1, 0.15) is 11.5 Å². The first kappa shape index (κ1) is 14.2. The molecule has 18 heavy (non-hydrogen) atoms. The van der Waals surface area contributed by atoms with Gasteiger partial charge in [0.25, 0.3) is 0 Å². The summed E-state index contributed by atoms with van der Waals surface area (Å²) in [6, 6.07) is 5.99. The zero-order valence-corrected chi connectivity index (χ0v) is 9.91. The lowest BCUT2D eigenvalue weighted by Gasteiger charge is -2.14. The molecule has 0 fully saturated rings. The average molecular weight is 259 g/mol. The van der Waals surface area contributed by atoms with Gasteiger partial charge >= 0.3 is 6.18 Å². The summed E-state index contributed by atoms with van der Waals surface area (Å²) in [6.45, 7) is 0. The van der Waals surface area contributed by atoms with Crippen LogP contribution in [0.4, 0.5) is 13.2 Å². The van der Waals surface area contributed by atoms with Crippen LogP contribution >= 0.6 is 0 Å². The SMILES string of the molecule is COc1cc(OC)cc([C@@H](C#N)CC(F)(F)F)c1. The maximum absolute atomic E-state index is 12.3. The lowest BCUT2D eigenvalue weighted by Crippen LogP contribution is -2.13. The fourth-order valence-electron chi connectivity index (χ4n) is 1.50. The van der Waals surface area contributed by atoms with Crippen molar-refractivity contribution >= 4 is 0 Å². The molecule has 98 valence electrons. The van der Waals surface area contributed by atoms with Crippen LogP contribution in [0, 0.1) is 11.3 Å². The highest BCUT2D eigenvalue weighted by Gasteiger charge is 2.33. The molecule has 0 spiro atoms. The van der Waals surface area contributed by atoms with Crippen molar-refractivity contribution in [1.29, 1.82) is 5.26 Å². The Balaban J connectivity index is 3.09. The topological polar surface area (TPSA) is 42.2 Å². The molecule has 0 amide bonds. The highest BCUT2D eigenvalue weighted by Crippen LogP contribution is 2.34. The lowest BCUT2D eigenvalue weighted by molar-refractivity contribution is -0.136. The molecule has 1 rings (SSSR count). The van der Waals surface area contributed by atoms with E-state index in [-0.39, 0.29) is 5.56 Å². The molecule has 1 aromatic rings. The molecule has 0 unspecified atom stereocenters. The van der Waals surface area contributed by atoms with E-state index in [9.17, 15) is 13.2 Å². The molecule has 1 aromatic carbocycles. The van der Waals surface area contributed by atoms with Crippen LogP contribution in [-0.4, -0.2) is 20.4 Å². The first-order chi connectivity index (χ1) is 8.39. The van der Waals surface area contributed by atoms with E-state index in [0.29, 0.717) is 11.5 Å². The second-order valence-corrected chi connectivity index (χ2v) is 3.65. The minimum absolute atomic E-state index is 0.228. The van der Waals surface area contributed by atoms with E-state index in [1.807, 2.05) is 0 Å². The normalized spacial score (nSPS) is 12.7. The number of hydrogen-bond donors (Lipinski definition) is 0. The molecule has 0 aromatic heterocycles. The minimum atomic E-state index is -4.39. The molecular formula is C12H12F3NO2. The molecule has 0 aliphatic carbocycles. The van der Waals surface area contributed by atoms with Gasteiger partial charge in [0.05, 0.1) is 32.6 Å². The number of halogens is 3. The van der Waals surface area contributed by atoms with Crippen LogP contribution in [0.25, 0.3) is 0 Å². The highest BCUT2D eigenvalue weighted by molar-refractivity contribution is 5.41. The fraction of sp³-hybridized carbons (Fsp3) is 0.417. The number of nitriles is 1. The van der Waals surface area contributed by atoms with E-state index in [2.05, 4.69) is 0 Å². The Bertz CT molecular complexity index is 429. The van der Waals surface area contributed by atoms with E-state index in [1.54, 1.807) is 6.07 Å². The van der Waals surface area contributed by atoms with Crippen LogP contribution in [0.5, 0.6) is 11.5 Å². The third kappa shape index (κ3) is 3.84. The lowest BCUT2D eigenvalue weighted by atomic mass is 9.96. The number of hydrogen-bond acceptors (Lipinski definition) is 3. The molecule has 0 bridgehead atoms. The summed E-state index contributed by atoms with van der Waals surface area (Å²) in [4.78, 5) is 0. The second kappa shape index (κ2) is 5.63. The molecule has 3 nitrogen and oxygen atoms in total. The Morgan fingerprint density at radius 3 is 2.00 bits per heavy atom. The number of nitrogens with zero attached hydrogens (tertiary/aromatic N) is 1. The smallest absolute Gasteiger partial charge is 0.390 e.